The van der Waals surface area contributed by atoms with Gasteiger partial charge in [-0.25, -0.2) is 13.9 Å². The minimum atomic E-state index is -0.382. The lowest BCUT2D eigenvalue weighted by Gasteiger charge is -2.25. The molecule has 0 saturated heterocycles. The summed E-state index contributed by atoms with van der Waals surface area (Å²) in [7, 11) is 1.71. The van der Waals surface area contributed by atoms with E-state index in [0.29, 0.717) is 11.4 Å². The number of pyridine rings is 1. The molecule has 6 nitrogen and oxygen atoms in total. The number of urea groups is 1. The molecule has 128 valence electrons. The number of amides is 2. The first kappa shape index (κ1) is 16.6. The molecule has 0 aliphatic carbocycles. The van der Waals surface area contributed by atoms with Crippen molar-refractivity contribution in [1.82, 2.24) is 19.7 Å². The topological polar surface area (TPSA) is 63.1 Å². The van der Waals surface area contributed by atoms with Crippen LogP contribution in [-0.2, 0) is 0 Å². The molecular weight excluding hydrogens is 321 g/mol. The highest BCUT2D eigenvalue weighted by molar-refractivity contribution is 5.89. The maximum atomic E-state index is 13.8. The molecule has 0 fully saturated rings. The molecule has 2 heterocycles. The number of rotatable bonds is 4. The number of anilines is 1. The van der Waals surface area contributed by atoms with E-state index in [1.807, 2.05) is 19.1 Å². The van der Waals surface area contributed by atoms with E-state index >= 15 is 0 Å². The third-order valence-corrected chi connectivity index (χ3v) is 4.02. The number of para-hydroxylation sites is 1. The fourth-order valence-corrected chi connectivity index (χ4v) is 2.41. The maximum Gasteiger partial charge on any atom is 0.322 e. The van der Waals surface area contributed by atoms with E-state index < -0.39 is 0 Å². The van der Waals surface area contributed by atoms with Crippen LogP contribution in [0.3, 0.4) is 0 Å². The number of hydrogen-bond donors (Lipinski definition) is 1. The Morgan fingerprint density at radius 1 is 1.24 bits per heavy atom. The Morgan fingerprint density at radius 3 is 2.68 bits per heavy atom. The predicted octanol–water partition coefficient (Wildman–Crippen LogP) is 3.63. The van der Waals surface area contributed by atoms with Crippen molar-refractivity contribution in [2.24, 2.45) is 0 Å². The lowest BCUT2D eigenvalue weighted by Crippen LogP contribution is -2.33. The van der Waals surface area contributed by atoms with Crippen LogP contribution >= 0.6 is 0 Å². The van der Waals surface area contributed by atoms with Gasteiger partial charge in [0.1, 0.15) is 11.5 Å². The van der Waals surface area contributed by atoms with Crippen molar-refractivity contribution in [2.75, 3.05) is 12.4 Å². The van der Waals surface area contributed by atoms with Crippen molar-refractivity contribution < 1.29 is 9.18 Å². The Morgan fingerprint density at radius 2 is 1.96 bits per heavy atom. The molecule has 0 aliphatic rings. The Bertz CT molecular complexity index is 865. The second kappa shape index (κ2) is 7.12. The predicted molar refractivity (Wildman–Crippen MR) is 93.0 cm³/mol. The van der Waals surface area contributed by atoms with E-state index in [1.165, 1.54) is 16.9 Å². The third kappa shape index (κ3) is 3.65. The molecule has 1 atom stereocenters. The largest absolute Gasteiger partial charge is 0.322 e. The summed E-state index contributed by atoms with van der Waals surface area (Å²) in [5.74, 6) is -0.382. The summed E-state index contributed by atoms with van der Waals surface area (Å²) < 4.78 is 15.2. The van der Waals surface area contributed by atoms with Crippen LogP contribution < -0.4 is 5.32 Å². The van der Waals surface area contributed by atoms with Gasteiger partial charge in [0.2, 0.25) is 0 Å². The van der Waals surface area contributed by atoms with E-state index in [1.54, 1.807) is 48.7 Å². The molecule has 1 N–H and O–H groups in total. The first-order valence-electron chi connectivity index (χ1n) is 7.79. The van der Waals surface area contributed by atoms with Gasteiger partial charge >= 0.3 is 6.03 Å². The first-order valence-corrected chi connectivity index (χ1v) is 7.79. The van der Waals surface area contributed by atoms with E-state index in [-0.39, 0.29) is 17.9 Å². The Kier molecular flexibility index (Phi) is 4.74. The molecule has 0 radical (unpaired) electrons. The van der Waals surface area contributed by atoms with Gasteiger partial charge in [0.15, 0.2) is 0 Å². The van der Waals surface area contributed by atoms with Crippen molar-refractivity contribution >= 4 is 11.7 Å². The molecule has 0 aliphatic heterocycles. The maximum absolute atomic E-state index is 13.8. The fourth-order valence-electron chi connectivity index (χ4n) is 2.41. The van der Waals surface area contributed by atoms with Gasteiger partial charge in [-0.2, -0.15) is 5.10 Å². The smallest absolute Gasteiger partial charge is 0.321 e. The van der Waals surface area contributed by atoms with E-state index in [2.05, 4.69) is 15.4 Å². The summed E-state index contributed by atoms with van der Waals surface area (Å²) in [6.07, 6.45) is 6.43. The Hall–Kier alpha value is -3.22. The highest BCUT2D eigenvalue weighted by Gasteiger charge is 2.18. The van der Waals surface area contributed by atoms with Crippen LogP contribution in [0.2, 0.25) is 0 Å². The van der Waals surface area contributed by atoms with Gasteiger partial charge in [0, 0.05) is 19.4 Å². The fraction of sp³-hybridized carbons (Fsp3) is 0.167. The Labute approximate surface area is 144 Å². The average molecular weight is 339 g/mol. The number of aromatic nitrogens is 3. The van der Waals surface area contributed by atoms with Gasteiger partial charge in [0.25, 0.3) is 0 Å². The molecule has 3 rings (SSSR count). The number of carbonyl (C=O) groups is 1. The molecule has 0 bridgehead atoms. The van der Waals surface area contributed by atoms with Crippen molar-refractivity contribution in [3.8, 4) is 5.69 Å². The number of benzene rings is 1. The number of hydrogen-bond acceptors (Lipinski definition) is 3. The molecule has 2 amide bonds. The van der Waals surface area contributed by atoms with Crippen molar-refractivity contribution in [1.29, 1.82) is 0 Å². The molecule has 25 heavy (non-hydrogen) atoms. The van der Waals surface area contributed by atoms with E-state index in [4.69, 9.17) is 0 Å². The monoisotopic (exact) mass is 339 g/mol. The van der Waals surface area contributed by atoms with Gasteiger partial charge < -0.3 is 10.2 Å². The molecule has 2 aromatic heterocycles. The van der Waals surface area contributed by atoms with E-state index in [9.17, 15) is 9.18 Å². The minimum Gasteiger partial charge on any atom is -0.321 e. The molecule has 7 heteroatoms. The van der Waals surface area contributed by atoms with Crippen LogP contribution in [0.4, 0.5) is 14.9 Å². The summed E-state index contributed by atoms with van der Waals surface area (Å²) in [6, 6.07) is 9.64. The standard InChI is InChI=1S/C18H18FN5O/c1-13(14-7-9-20-10-8-14)23(2)18(25)22-15-11-21-24(12-15)17-6-4-3-5-16(17)19/h3-13H,1-2H3,(H,22,25)/t13-/m0/s1. The lowest BCUT2D eigenvalue weighted by molar-refractivity contribution is 0.208. The molecule has 1 aromatic carbocycles. The van der Waals surface area contributed by atoms with Crippen LogP contribution in [0.1, 0.15) is 18.5 Å². The SMILES string of the molecule is C[C@@H](c1ccncc1)N(C)C(=O)Nc1cnn(-c2ccccc2F)c1. The number of nitrogens with one attached hydrogen (secondary N) is 1. The van der Waals surface area contributed by atoms with E-state index in [0.717, 1.165) is 5.56 Å². The summed E-state index contributed by atoms with van der Waals surface area (Å²) >= 11 is 0. The zero-order valence-electron chi connectivity index (χ0n) is 13.9. The number of carbonyl (C=O) groups excluding carboxylic acids is 1. The summed E-state index contributed by atoms with van der Waals surface area (Å²) in [6.45, 7) is 1.93. The normalized spacial score (nSPS) is 11.8. The molecule has 3 aromatic rings. The van der Waals surface area contributed by atoms with Crippen LogP contribution in [0.25, 0.3) is 5.69 Å². The molecular formula is C18H18FN5O. The molecule has 0 saturated carbocycles. The zero-order valence-corrected chi connectivity index (χ0v) is 13.9. The van der Waals surface area contributed by atoms with Crippen molar-refractivity contribution in [3.63, 3.8) is 0 Å². The lowest BCUT2D eigenvalue weighted by atomic mass is 10.1. The average Bonchev–Trinajstić information content (AvgIpc) is 3.09. The third-order valence-electron chi connectivity index (χ3n) is 4.02. The number of nitrogens with zero attached hydrogens (tertiary/aromatic N) is 4. The molecule has 0 spiro atoms. The van der Waals surface area contributed by atoms with Crippen molar-refractivity contribution in [3.05, 3.63) is 72.6 Å². The second-order valence-electron chi connectivity index (χ2n) is 5.62. The first-order chi connectivity index (χ1) is 12.1. The van der Waals surface area contributed by atoms with Gasteiger partial charge in [-0.05, 0) is 36.8 Å². The van der Waals surface area contributed by atoms with Gasteiger partial charge in [-0.1, -0.05) is 12.1 Å². The quantitative estimate of drug-likeness (QED) is 0.789. The second-order valence-corrected chi connectivity index (χ2v) is 5.62. The minimum absolute atomic E-state index is 0.121. The van der Waals surface area contributed by atoms with Gasteiger partial charge in [0.05, 0.1) is 24.1 Å². The van der Waals surface area contributed by atoms with Crippen LogP contribution in [0.15, 0.2) is 61.2 Å². The zero-order chi connectivity index (χ0) is 17.8. The highest BCUT2D eigenvalue weighted by atomic mass is 19.1. The van der Waals surface area contributed by atoms with Gasteiger partial charge in [-0.3, -0.25) is 4.98 Å². The Balaban J connectivity index is 1.70. The summed E-state index contributed by atoms with van der Waals surface area (Å²) in [5, 5.41) is 6.87. The summed E-state index contributed by atoms with van der Waals surface area (Å²) in [4.78, 5) is 18.0. The van der Waals surface area contributed by atoms with Crippen LogP contribution in [0, 0.1) is 5.82 Å². The number of halogens is 1. The van der Waals surface area contributed by atoms with Crippen LogP contribution in [-0.4, -0.2) is 32.7 Å². The molecule has 0 unspecified atom stereocenters. The van der Waals surface area contributed by atoms with Crippen molar-refractivity contribution in [2.45, 2.75) is 13.0 Å². The van der Waals surface area contributed by atoms with Gasteiger partial charge in [-0.15, -0.1) is 0 Å². The summed E-state index contributed by atoms with van der Waals surface area (Å²) in [5.41, 5.74) is 1.79. The highest BCUT2D eigenvalue weighted by Crippen LogP contribution is 2.19. The van der Waals surface area contributed by atoms with Crippen LogP contribution in [0.5, 0.6) is 0 Å².